The summed E-state index contributed by atoms with van der Waals surface area (Å²) >= 11 is 0. The number of quaternary nitrogens is 1. The number of aliphatic hydroxyl groups is 2. The van der Waals surface area contributed by atoms with E-state index in [2.05, 4.69) is 14.0 Å². The van der Waals surface area contributed by atoms with Crippen molar-refractivity contribution in [1.29, 1.82) is 0 Å². The van der Waals surface area contributed by atoms with E-state index in [0.29, 0.717) is 17.6 Å². The molecule has 2 bridgehead atoms. The van der Waals surface area contributed by atoms with Crippen molar-refractivity contribution < 1.29 is 29.0 Å². The van der Waals surface area contributed by atoms with Gasteiger partial charge in [-0.2, -0.15) is 0 Å². The minimum atomic E-state index is -2.02. The highest BCUT2D eigenvalue weighted by Gasteiger charge is 2.71. The maximum atomic E-state index is 12.8. The van der Waals surface area contributed by atoms with Gasteiger partial charge in [0.25, 0.3) is 0 Å². The van der Waals surface area contributed by atoms with Crippen LogP contribution in [0.25, 0.3) is 0 Å². The molecular weight excluding hydrogens is 346 g/mol. The van der Waals surface area contributed by atoms with Crippen LogP contribution in [0.5, 0.6) is 0 Å². The number of morpholine rings is 1. The van der Waals surface area contributed by atoms with Gasteiger partial charge in [0, 0.05) is 12.8 Å². The number of benzene rings is 1. The third-order valence-corrected chi connectivity index (χ3v) is 6.93. The molecule has 6 heteroatoms. The largest absolute Gasteiger partial charge is 0.459 e. The van der Waals surface area contributed by atoms with Crippen LogP contribution in [-0.4, -0.2) is 71.3 Å². The van der Waals surface area contributed by atoms with Crippen LogP contribution in [-0.2, 0) is 19.9 Å². The number of ether oxygens (including phenoxy) is 2. The number of hydrogen-bond donors (Lipinski definition) is 2. The van der Waals surface area contributed by atoms with Gasteiger partial charge in [-0.3, -0.25) is 0 Å². The Kier molecular flexibility index (Phi) is 4.79. The number of epoxide rings is 1. The first kappa shape index (κ1) is 18.9. The molecule has 3 aliphatic heterocycles. The first-order valence-corrected chi connectivity index (χ1v) is 10.0. The second-order valence-corrected chi connectivity index (χ2v) is 8.51. The number of carbonyl (C=O) groups is 1. The van der Waals surface area contributed by atoms with E-state index in [1.165, 1.54) is 12.8 Å². The molecule has 1 aromatic carbocycles. The number of fused-ring (bicyclic) bond motifs is 5. The Balaban J connectivity index is 1.47. The zero-order valence-electron chi connectivity index (χ0n) is 16.1. The number of nitrogens with zero attached hydrogens (tertiary/aromatic N) is 1. The molecule has 3 aliphatic rings. The van der Waals surface area contributed by atoms with Crippen molar-refractivity contribution in [3.63, 3.8) is 0 Å². The van der Waals surface area contributed by atoms with E-state index in [-0.39, 0.29) is 18.3 Å². The van der Waals surface area contributed by atoms with Crippen LogP contribution >= 0.6 is 0 Å². The van der Waals surface area contributed by atoms with Crippen molar-refractivity contribution in [3.05, 3.63) is 35.9 Å². The average molecular weight is 376 g/mol. The summed E-state index contributed by atoms with van der Waals surface area (Å²) in [5.74, 6) is -0.764. The Labute approximate surface area is 160 Å². The van der Waals surface area contributed by atoms with Gasteiger partial charge in [-0.1, -0.05) is 43.7 Å². The van der Waals surface area contributed by atoms with E-state index in [0.717, 1.165) is 23.9 Å². The van der Waals surface area contributed by atoms with Crippen molar-refractivity contribution >= 4 is 5.97 Å². The number of aliphatic hydroxyl groups excluding tert-OH is 1. The molecule has 3 fully saturated rings. The summed E-state index contributed by atoms with van der Waals surface area (Å²) in [7, 11) is 2.31. The lowest BCUT2D eigenvalue weighted by molar-refractivity contribution is -0.956. The van der Waals surface area contributed by atoms with Gasteiger partial charge in [0.15, 0.2) is 0 Å². The summed E-state index contributed by atoms with van der Waals surface area (Å²) in [4.78, 5) is 12.8. The third-order valence-electron chi connectivity index (χ3n) is 6.93. The highest BCUT2D eigenvalue weighted by atomic mass is 16.6. The van der Waals surface area contributed by atoms with Crippen LogP contribution in [0.3, 0.4) is 0 Å². The molecule has 2 N–H and O–H groups in total. The molecule has 3 saturated heterocycles. The van der Waals surface area contributed by atoms with E-state index in [1.54, 1.807) is 30.3 Å². The summed E-state index contributed by atoms with van der Waals surface area (Å²) in [6, 6.07) is 9.20. The number of carbonyl (C=O) groups excluding carboxylic acids is 1. The Hall–Kier alpha value is -1.47. The van der Waals surface area contributed by atoms with Crippen LogP contribution in [0.1, 0.15) is 38.2 Å². The summed E-state index contributed by atoms with van der Waals surface area (Å²) in [5.41, 5.74) is -1.66. The molecule has 5 atom stereocenters. The summed E-state index contributed by atoms with van der Waals surface area (Å²) in [6.07, 6.45) is 4.19. The van der Waals surface area contributed by atoms with Crippen LogP contribution in [0.2, 0.25) is 0 Å². The quantitative estimate of drug-likeness (QED) is 0.426. The predicted octanol–water partition coefficient (Wildman–Crippen LogP) is 1.34. The zero-order valence-corrected chi connectivity index (χ0v) is 16.1. The van der Waals surface area contributed by atoms with Crippen molar-refractivity contribution in [1.82, 2.24) is 0 Å². The first-order chi connectivity index (χ1) is 12.9. The lowest BCUT2D eigenvalue weighted by Crippen LogP contribution is -2.63. The molecule has 0 amide bonds. The first-order valence-electron chi connectivity index (χ1n) is 10.0. The normalized spacial score (nSPS) is 38.7. The minimum absolute atomic E-state index is 0.237. The van der Waals surface area contributed by atoms with Crippen LogP contribution in [0.15, 0.2) is 30.3 Å². The van der Waals surface area contributed by atoms with E-state index in [4.69, 9.17) is 9.47 Å². The monoisotopic (exact) mass is 376 g/mol. The SMILES string of the molecule is CCCC[N+]1(C)C2CC(OC(=O)C(O)(CO)c3ccccc3)CC1C1OC12. The van der Waals surface area contributed by atoms with Gasteiger partial charge < -0.3 is 24.2 Å². The molecule has 3 heterocycles. The Morgan fingerprint density at radius 2 is 1.89 bits per heavy atom. The molecule has 1 aromatic rings. The smallest absolute Gasteiger partial charge is 0.345 e. The maximum Gasteiger partial charge on any atom is 0.345 e. The highest BCUT2D eigenvalue weighted by Crippen LogP contribution is 2.53. The lowest BCUT2D eigenvalue weighted by atomic mass is 9.93. The molecule has 148 valence electrons. The molecule has 6 nitrogen and oxygen atoms in total. The van der Waals surface area contributed by atoms with Crippen LogP contribution in [0.4, 0.5) is 0 Å². The highest BCUT2D eigenvalue weighted by molar-refractivity contribution is 5.81. The number of piperidine rings is 1. The molecule has 27 heavy (non-hydrogen) atoms. The van der Waals surface area contributed by atoms with E-state index in [9.17, 15) is 15.0 Å². The van der Waals surface area contributed by atoms with E-state index < -0.39 is 18.2 Å². The molecule has 0 spiro atoms. The van der Waals surface area contributed by atoms with Gasteiger partial charge in [0.1, 0.15) is 30.4 Å². The molecule has 5 unspecified atom stereocenters. The topological polar surface area (TPSA) is 79.3 Å². The second kappa shape index (κ2) is 6.85. The van der Waals surface area contributed by atoms with Gasteiger partial charge in [0.05, 0.1) is 20.2 Å². The molecule has 0 aromatic heterocycles. The lowest BCUT2D eigenvalue weighted by Gasteiger charge is -2.48. The summed E-state index contributed by atoms with van der Waals surface area (Å²) in [6.45, 7) is 2.64. The number of unbranched alkanes of at least 4 members (excludes halogenated alkanes) is 1. The van der Waals surface area contributed by atoms with Crippen molar-refractivity contribution in [2.45, 2.75) is 68.6 Å². The van der Waals surface area contributed by atoms with E-state index in [1.807, 2.05) is 0 Å². The van der Waals surface area contributed by atoms with Gasteiger partial charge in [-0.25, -0.2) is 4.79 Å². The third kappa shape index (κ3) is 2.99. The molecular formula is C21H30NO5+. The molecule has 0 saturated carbocycles. The summed E-state index contributed by atoms with van der Waals surface area (Å²) < 4.78 is 12.6. The van der Waals surface area contributed by atoms with Crippen molar-refractivity contribution in [2.75, 3.05) is 20.2 Å². The van der Waals surface area contributed by atoms with Gasteiger partial charge in [-0.15, -0.1) is 0 Å². The van der Waals surface area contributed by atoms with Crippen LogP contribution < -0.4 is 0 Å². The number of rotatable bonds is 7. The van der Waals surface area contributed by atoms with Gasteiger partial charge >= 0.3 is 5.97 Å². The van der Waals surface area contributed by atoms with Gasteiger partial charge in [0.2, 0.25) is 5.60 Å². The maximum absolute atomic E-state index is 12.8. The Bertz CT molecular complexity index is 677. The molecule has 0 radical (unpaired) electrons. The minimum Gasteiger partial charge on any atom is -0.459 e. The zero-order chi connectivity index (χ0) is 19.2. The molecule has 4 rings (SSSR count). The number of hydrogen-bond acceptors (Lipinski definition) is 5. The second-order valence-electron chi connectivity index (χ2n) is 8.51. The standard InChI is InChI=1S/C21H30NO5/c1-3-4-10-22(2)16-11-15(12-17(22)19-18(16)27-19)26-20(24)21(25,13-23)14-8-6-5-7-9-14/h5-9,15-19,23,25H,3-4,10-13H2,1-2H3/q+1. The van der Waals surface area contributed by atoms with E-state index >= 15 is 0 Å². The Morgan fingerprint density at radius 3 is 2.44 bits per heavy atom. The fraction of sp³-hybridized carbons (Fsp3) is 0.667. The van der Waals surface area contributed by atoms with Gasteiger partial charge in [-0.05, 0) is 12.0 Å². The fourth-order valence-corrected chi connectivity index (χ4v) is 5.22. The molecule has 0 aliphatic carbocycles. The predicted molar refractivity (Wildman–Crippen MR) is 98.7 cm³/mol. The number of likely N-dealkylation sites (N-methyl/N-ethyl adjacent to an activating group) is 1. The van der Waals surface area contributed by atoms with Crippen molar-refractivity contribution in [2.24, 2.45) is 0 Å². The Morgan fingerprint density at radius 1 is 1.26 bits per heavy atom. The van der Waals surface area contributed by atoms with Crippen LogP contribution in [0, 0.1) is 0 Å². The average Bonchev–Trinajstić information content (AvgIpc) is 3.45. The number of esters is 1. The summed E-state index contributed by atoms with van der Waals surface area (Å²) in [5, 5.41) is 20.5. The fourth-order valence-electron chi connectivity index (χ4n) is 5.22. The van der Waals surface area contributed by atoms with Crippen molar-refractivity contribution in [3.8, 4) is 0 Å².